The van der Waals surface area contributed by atoms with Gasteiger partial charge in [-0.3, -0.25) is 9.59 Å². The lowest BCUT2D eigenvalue weighted by atomic mass is 10.1. The second kappa shape index (κ2) is 12.0. The molecule has 9 heteroatoms. The first-order valence-electron chi connectivity index (χ1n) is 13.2. The van der Waals surface area contributed by atoms with Gasteiger partial charge < -0.3 is 35.3 Å². The fraction of sp³-hybridized carbons (Fsp3) is 0.226. The average molecular weight is 540 g/mol. The minimum atomic E-state index is -0.256. The highest BCUT2D eigenvalue weighted by atomic mass is 16.5. The Morgan fingerprint density at radius 2 is 1.40 bits per heavy atom. The molecule has 206 valence electrons. The first-order chi connectivity index (χ1) is 19.4. The van der Waals surface area contributed by atoms with E-state index in [9.17, 15) is 14.7 Å². The summed E-state index contributed by atoms with van der Waals surface area (Å²) in [4.78, 5) is 27.5. The number of aliphatic hydroxyl groups is 1. The molecule has 0 unspecified atom stereocenters. The van der Waals surface area contributed by atoms with Crippen molar-refractivity contribution in [3.05, 3.63) is 96.3 Å². The molecule has 3 aromatic carbocycles. The second-order valence-electron chi connectivity index (χ2n) is 9.80. The number of nitrogens with zero attached hydrogens (tertiary/aromatic N) is 2. The van der Waals surface area contributed by atoms with Crippen LogP contribution in [0.1, 0.15) is 33.7 Å². The molecule has 1 aliphatic heterocycles. The molecule has 4 aromatic rings. The topological polar surface area (TPSA) is 108 Å². The van der Waals surface area contributed by atoms with Crippen molar-refractivity contribution in [2.24, 2.45) is 7.05 Å². The van der Waals surface area contributed by atoms with Crippen LogP contribution in [0.4, 0.5) is 28.4 Å². The van der Waals surface area contributed by atoms with Crippen LogP contribution in [0.5, 0.6) is 5.75 Å². The summed E-state index contributed by atoms with van der Waals surface area (Å²) in [5.74, 6) is 0.240. The van der Waals surface area contributed by atoms with Gasteiger partial charge in [0.15, 0.2) is 0 Å². The molecular weight excluding hydrogens is 506 g/mol. The van der Waals surface area contributed by atoms with Gasteiger partial charge in [-0.15, -0.1) is 0 Å². The zero-order chi connectivity index (χ0) is 28.1. The summed E-state index contributed by atoms with van der Waals surface area (Å²) in [5, 5.41) is 18.9. The number of aryl methyl sites for hydroxylation is 1. The van der Waals surface area contributed by atoms with Crippen LogP contribution in [0.25, 0.3) is 0 Å². The zero-order valence-corrected chi connectivity index (χ0v) is 22.6. The molecule has 0 saturated carbocycles. The van der Waals surface area contributed by atoms with Crippen LogP contribution in [-0.4, -0.2) is 47.8 Å². The number of hydrogen-bond acceptors (Lipinski definition) is 6. The summed E-state index contributed by atoms with van der Waals surface area (Å²) < 4.78 is 7.34. The van der Waals surface area contributed by atoms with E-state index in [1.54, 1.807) is 29.9 Å². The molecule has 2 amide bonds. The number of ether oxygens (including phenoxy) is 1. The van der Waals surface area contributed by atoms with Crippen molar-refractivity contribution in [1.82, 2.24) is 4.57 Å². The Morgan fingerprint density at radius 3 is 1.95 bits per heavy atom. The lowest BCUT2D eigenvalue weighted by Crippen LogP contribution is -2.36. The molecule has 40 heavy (non-hydrogen) atoms. The van der Waals surface area contributed by atoms with E-state index in [1.807, 2.05) is 73.9 Å². The highest BCUT2D eigenvalue weighted by Gasteiger charge is 2.21. The van der Waals surface area contributed by atoms with Crippen molar-refractivity contribution in [3.63, 3.8) is 0 Å². The number of methoxy groups -OCH3 is 1. The van der Waals surface area contributed by atoms with Crippen molar-refractivity contribution in [2.45, 2.75) is 18.9 Å². The number of aromatic nitrogens is 1. The molecule has 0 bridgehead atoms. The zero-order valence-electron chi connectivity index (χ0n) is 22.6. The van der Waals surface area contributed by atoms with Gasteiger partial charge in [-0.1, -0.05) is 0 Å². The number of aliphatic hydroxyl groups excluding tert-OH is 1. The number of rotatable bonds is 8. The predicted octanol–water partition coefficient (Wildman–Crippen LogP) is 5.24. The maximum absolute atomic E-state index is 12.9. The smallest absolute Gasteiger partial charge is 0.272 e. The summed E-state index contributed by atoms with van der Waals surface area (Å²) >= 11 is 0. The molecule has 5 rings (SSSR count). The van der Waals surface area contributed by atoms with Gasteiger partial charge in [0.25, 0.3) is 11.8 Å². The maximum atomic E-state index is 12.9. The number of piperidine rings is 1. The van der Waals surface area contributed by atoms with Crippen LogP contribution in [-0.2, 0) is 7.05 Å². The normalized spacial score (nSPS) is 13.5. The maximum Gasteiger partial charge on any atom is 0.272 e. The van der Waals surface area contributed by atoms with Crippen molar-refractivity contribution in [1.29, 1.82) is 0 Å². The van der Waals surface area contributed by atoms with Gasteiger partial charge in [0.05, 0.1) is 18.9 Å². The van der Waals surface area contributed by atoms with Crippen molar-refractivity contribution in [3.8, 4) is 5.75 Å². The van der Waals surface area contributed by atoms with E-state index in [0.717, 1.165) is 30.2 Å². The first kappa shape index (κ1) is 26.8. The first-order valence-corrected chi connectivity index (χ1v) is 13.2. The third-order valence-electron chi connectivity index (χ3n) is 7.00. The molecule has 1 fully saturated rings. The fourth-order valence-electron chi connectivity index (χ4n) is 4.72. The molecule has 1 aromatic heterocycles. The van der Waals surface area contributed by atoms with Gasteiger partial charge in [-0.05, 0) is 91.7 Å². The van der Waals surface area contributed by atoms with Crippen LogP contribution in [0, 0.1) is 0 Å². The summed E-state index contributed by atoms with van der Waals surface area (Å²) in [7, 11) is 3.43. The number of carbonyl (C=O) groups is 2. The number of carbonyl (C=O) groups excluding carboxylic acids is 2. The number of anilines is 5. The molecule has 0 aliphatic carbocycles. The number of benzene rings is 3. The summed E-state index contributed by atoms with van der Waals surface area (Å²) in [5.41, 5.74) is 5.11. The molecule has 0 radical (unpaired) electrons. The molecule has 0 spiro atoms. The van der Waals surface area contributed by atoms with Gasteiger partial charge in [0.2, 0.25) is 0 Å². The SMILES string of the molecule is COc1cc(C(=O)Nc2ccc(Nc3ccc(NC(=O)c4cccn4C)cc3)cc2)ccc1N1CCC(O)CC1. The average Bonchev–Trinajstić information content (AvgIpc) is 3.41. The van der Waals surface area contributed by atoms with Crippen molar-refractivity contribution < 1.29 is 19.4 Å². The molecular formula is C31H33N5O4. The number of hydrogen-bond donors (Lipinski definition) is 4. The Kier molecular flexibility index (Phi) is 8.02. The fourth-order valence-corrected chi connectivity index (χ4v) is 4.72. The van der Waals surface area contributed by atoms with E-state index < -0.39 is 0 Å². The number of nitrogens with one attached hydrogen (secondary N) is 3. The third-order valence-corrected chi connectivity index (χ3v) is 7.00. The highest BCUT2D eigenvalue weighted by Crippen LogP contribution is 2.32. The van der Waals surface area contributed by atoms with Gasteiger partial charge in [0.1, 0.15) is 11.4 Å². The van der Waals surface area contributed by atoms with Gasteiger partial charge >= 0.3 is 0 Å². The van der Waals surface area contributed by atoms with Crippen LogP contribution in [0.3, 0.4) is 0 Å². The summed E-state index contributed by atoms with van der Waals surface area (Å²) in [6.07, 6.45) is 3.01. The van der Waals surface area contributed by atoms with Crippen molar-refractivity contribution >= 4 is 40.3 Å². The third kappa shape index (κ3) is 6.27. The van der Waals surface area contributed by atoms with E-state index in [-0.39, 0.29) is 17.9 Å². The molecule has 1 aliphatic rings. The highest BCUT2D eigenvalue weighted by molar-refractivity contribution is 6.05. The van der Waals surface area contributed by atoms with Crippen LogP contribution in [0.15, 0.2) is 85.1 Å². The lowest BCUT2D eigenvalue weighted by molar-refractivity contribution is 0.101. The van der Waals surface area contributed by atoms with E-state index in [0.29, 0.717) is 41.2 Å². The van der Waals surface area contributed by atoms with Crippen LogP contribution in [0.2, 0.25) is 0 Å². The standard InChI is InChI=1S/C31H33N5O4/c1-35-17-3-4-28(35)31(39)34-25-12-8-23(9-13-25)32-22-6-10-24(11-7-22)33-30(38)21-5-14-27(29(20-21)40-2)36-18-15-26(37)16-19-36/h3-14,17,20,26,32,37H,15-16,18-19H2,1-2H3,(H,33,38)(H,34,39). The Labute approximate surface area is 233 Å². The van der Waals surface area contributed by atoms with E-state index in [2.05, 4.69) is 20.9 Å². The largest absolute Gasteiger partial charge is 0.495 e. The van der Waals surface area contributed by atoms with Gasteiger partial charge in [-0.2, -0.15) is 0 Å². The van der Waals surface area contributed by atoms with E-state index >= 15 is 0 Å². The molecule has 1 saturated heterocycles. The van der Waals surface area contributed by atoms with Crippen molar-refractivity contribution in [2.75, 3.05) is 41.0 Å². The second-order valence-corrected chi connectivity index (χ2v) is 9.80. The summed E-state index contributed by atoms with van der Waals surface area (Å²) in [6.45, 7) is 1.50. The summed E-state index contributed by atoms with van der Waals surface area (Å²) in [6, 6.07) is 23.9. The van der Waals surface area contributed by atoms with E-state index in [4.69, 9.17) is 4.74 Å². The van der Waals surface area contributed by atoms with Crippen LogP contribution < -0.4 is 25.6 Å². The Hall–Kier alpha value is -4.76. The van der Waals surface area contributed by atoms with Gasteiger partial charge in [-0.25, -0.2) is 0 Å². The van der Waals surface area contributed by atoms with Crippen LogP contribution >= 0.6 is 0 Å². The minimum Gasteiger partial charge on any atom is -0.495 e. The molecule has 4 N–H and O–H groups in total. The predicted molar refractivity (Wildman–Crippen MR) is 158 cm³/mol. The minimum absolute atomic E-state index is 0.164. The quantitative estimate of drug-likeness (QED) is 0.244. The van der Waals surface area contributed by atoms with Gasteiger partial charge in [0, 0.05) is 54.6 Å². The Morgan fingerprint density at radius 1 is 0.825 bits per heavy atom. The Bertz CT molecular complexity index is 1470. The molecule has 2 heterocycles. The molecule has 0 atom stereocenters. The lowest BCUT2D eigenvalue weighted by Gasteiger charge is -2.32. The molecule has 9 nitrogen and oxygen atoms in total. The monoisotopic (exact) mass is 539 g/mol. The Balaban J connectivity index is 1.17. The van der Waals surface area contributed by atoms with E-state index in [1.165, 1.54) is 0 Å². The number of amides is 2.